The summed E-state index contributed by atoms with van der Waals surface area (Å²) in [6.45, 7) is 5.39. The predicted molar refractivity (Wildman–Crippen MR) is 97.4 cm³/mol. The number of aromatic nitrogens is 2. The number of hydrogen-bond acceptors (Lipinski definition) is 6. The van der Waals surface area contributed by atoms with E-state index in [-0.39, 0.29) is 5.92 Å². The molecule has 140 valence electrons. The van der Waals surface area contributed by atoms with Gasteiger partial charge in [0.1, 0.15) is 23.2 Å². The molecule has 0 unspecified atom stereocenters. The van der Waals surface area contributed by atoms with Crippen LogP contribution in [0.4, 0.5) is 13.9 Å². The van der Waals surface area contributed by atoms with E-state index in [1.165, 1.54) is 23.1 Å². The minimum atomic E-state index is -0.993. The minimum Gasteiger partial charge on any atom is -0.340 e. The molecule has 1 heterocycles. The number of carbonyl (C=O) groups is 2. The second kappa shape index (κ2) is 9.04. The number of nitrogens with one attached hydrogen (secondary N) is 2. The lowest BCUT2D eigenvalue weighted by molar-refractivity contribution is -0.118. The van der Waals surface area contributed by atoms with Crippen LogP contribution in [0.5, 0.6) is 0 Å². The van der Waals surface area contributed by atoms with Crippen LogP contribution < -0.4 is 10.6 Å². The predicted octanol–water partition coefficient (Wildman–Crippen LogP) is 3.32. The Kier molecular flexibility index (Phi) is 7.04. The highest BCUT2D eigenvalue weighted by Gasteiger charge is 2.28. The van der Waals surface area contributed by atoms with Crippen molar-refractivity contribution in [2.75, 3.05) is 11.1 Å². The molecule has 0 spiro atoms. The van der Waals surface area contributed by atoms with Crippen molar-refractivity contribution in [3.63, 3.8) is 0 Å². The Balaban J connectivity index is 2.12. The van der Waals surface area contributed by atoms with Gasteiger partial charge in [-0.25, -0.2) is 8.78 Å². The summed E-state index contributed by atoms with van der Waals surface area (Å²) in [7, 11) is 0. The molecule has 1 aromatic heterocycles. The van der Waals surface area contributed by atoms with E-state index in [4.69, 9.17) is 0 Å². The van der Waals surface area contributed by atoms with Gasteiger partial charge in [0.25, 0.3) is 5.91 Å². The quantitative estimate of drug-likeness (QED) is 0.550. The van der Waals surface area contributed by atoms with Gasteiger partial charge in [-0.1, -0.05) is 49.9 Å². The monoisotopic (exact) mass is 400 g/mol. The molecule has 0 saturated heterocycles. The summed E-state index contributed by atoms with van der Waals surface area (Å²) in [6, 6.07) is 2.13. The summed E-state index contributed by atoms with van der Waals surface area (Å²) >= 11 is 2.70. The minimum absolute atomic E-state index is 0.294. The van der Waals surface area contributed by atoms with Crippen LogP contribution in [0.2, 0.25) is 0 Å². The maximum absolute atomic E-state index is 13.8. The van der Waals surface area contributed by atoms with Crippen molar-refractivity contribution < 1.29 is 18.4 Å². The van der Waals surface area contributed by atoms with E-state index in [1.807, 2.05) is 6.92 Å². The number of halogens is 2. The van der Waals surface area contributed by atoms with Gasteiger partial charge in [-0.2, -0.15) is 0 Å². The van der Waals surface area contributed by atoms with Gasteiger partial charge in [0.2, 0.25) is 11.0 Å². The van der Waals surface area contributed by atoms with E-state index in [2.05, 4.69) is 20.8 Å². The maximum Gasteiger partial charge on any atom is 0.257 e. The van der Waals surface area contributed by atoms with E-state index in [9.17, 15) is 18.4 Å². The number of benzene rings is 1. The number of carbonyl (C=O) groups excluding carboxylic acids is 2. The fraction of sp³-hybridized carbons (Fsp3) is 0.375. The van der Waals surface area contributed by atoms with Gasteiger partial charge in [-0.3, -0.25) is 14.9 Å². The van der Waals surface area contributed by atoms with Gasteiger partial charge in [-0.15, -0.1) is 10.2 Å². The van der Waals surface area contributed by atoms with Crippen LogP contribution >= 0.6 is 23.1 Å². The zero-order valence-corrected chi connectivity index (χ0v) is 16.0. The molecule has 2 N–H and O–H groups in total. The zero-order chi connectivity index (χ0) is 19.3. The third-order valence-corrected chi connectivity index (χ3v) is 5.18. The van der Waals surface area contributed by atoms with Gasteiger partial charge >= 0.3 is 0 Å². The first-order valence-corrected chi connectivity index (χ1v) is 9.65. The molecule has 0 aliphatic rings. The molecule has 2 rings (SSSR count). The van der Waals surface area contributed by atoms with Crippen LogP contribution in [-0.4, -0.2) is 33.8 Å². The summed E-state index contributed by atoms with van der Waals surface area (Å²) < 4.78 is 28.2. The Labute approximate surface area is 157 Å². The molecule has 6 nitrogen and oxygen atoms in total. The third kappa shape index (κ3) is 4.98. The lowest BCUT2D eigenvalue weighted by Gasteiger charge is -2.21. The summed E-state index contributed by atoms with van der Waals surface area (Å²) in [6.07, 6.45) is 0. The van der Waals surface area contributed by atoms with Crippen molar-refractivity contribution in [1.29, 1.82) is 0 Å². The van der Waals surface area contributed by atoms with Crippen LogP contribution in [0.1, 0.15) is 31.1 Å². The number of anilines is 1. The molecule has 0 saturated carbocycles. The first-order valence-electron chi connectivity index (χ1n) is 7.85. The first-order chi connectivity index (χ1) is 12.3. The Bertz CT molecular complexity index is 778. The molecule has 1 atom stereocenters. The molecule has 0 aliphatic carbocycles. The molecular formula is C16H18F2N4O2S2. The Morgan fingerprint density at radius 1 is 1.23 bits per heavy atom. The van der Waals surface area contributed by atoms with Crippen LogP contribution in [0, 0.1) is 17.6 Å². The topological polar surface area (TPSA) is 84.0 Å². The van der Waals surface area contributed by atoms with Crippen LogP contribution in [-0.2, 0) is 4.79 Å². The van der Waals surface area contributed by atoms with Gasteiger partial charge in [0.05, 0.1) is 0 Å². The van der Waals surface area contributed by atoms with Crippen molar-refractivity contribution in [2.45, 2.75) is 31.2 Å². The molecule has 10 heteroatoms. The number of nitrogens with zero attached hydrogens (tertiary/aromatic N) is 2. The number of thioether (sulfide) groups is 1. The fourth-order valence-corrected chi connectivity index (χ4v) is 3.74. The van der Waals surface area contributed by atoms with E-state index in [1.54, 1.807) is 13.8 Å². The Hall–Kier alpha value is -2.07. The van der Waals surface area contributed by atoms with E-state index < -0.39 is 35.1 Å². The summed E-state index contributed by atoms with van der Waals surface area (Å²) in [5.74, 6) is -3.00. The lowest BCUT2D eigenvalue weighted by Crippen LogP contribution is -2.47. The van der Waals surface area contributed by atoms with Crippen molar-refractivity contribution >= 4 is 40.0 Å². The van der Waals surface area contributed by atoms with Crippen LogP contribution in [0.15, 0.2) is 22.5 Å². The highest BCUT2D eigenvalue weighted by atomic mass is 32.2. The van der Waals surface area contributed by atoms with Crippen LogP contribution in [0.3, 0.4) is 0 Å². The summed E-state index contributed by atoms with van der Waals surface area (Å²) in [4.78, 5) is 24.7. The Morgan fingerprint density at radius 2 is 1.88 bits per heavy atom. The standard InChI is InChI=1S/C16H18F2N4O2S2/c1-4-25-16-22-21-15(26-16)20-14(24)12(8(2)3)19-13(23)11-9(17)6-5-7-10(11)18/h5-8,12H,4H2,1-3H3,(H,19,23)(H,20,21,24)/t12-/m0/s1. The first kappa shape index (κ1) is 20.2. The van der Waals surface area contributed by atoms with E-state index >= 15 is 0 Å². The van der Waals surface area contributed by atoms with Gasteiger partial charge in [-0.05, 0) is 23.8 Å². The largest absolute Gasteiger partial charge is 0.340 e. The van der Waals surface area contributed by atoms with Crippen molar-refractivity contribution in [3.05, 3.63) is 35.4 Å². The molecule has 0 aliphatic heterocycles. The molecule has 1 aromatic carbocycles. The number of amides is 2. The van der Waals surface area contributed by atoms with Crippen molar-refractivity contribution in [3.8, 4) is 0 Å². The molecule has 2 aromatic rings. The SMILES string of the molecule is CCSc1nnc(NC(=O)[C@@H](NC(=O)c2c(F)cccc2F)C(C)C)s1. The zero-order valence-electron chi connectivity index (χ0n) is 14.4. The van der Waals surface area contributed by atoms with Crippen molar-refractivity contribution in [2.24, 2.45) is 5.92 Å². The number of rotatable bonds is 7. The second-order valence-corrected chi connectivity index (χ2v) is 8.08. The normalized spacial score (nSPS) is 12.1. The van der Waals surface area contributed by atoms with Gasteiger partial charge < -0.3 is 5.32 Å². The van der Waals surface area contributed by atoms with E-state index in [0.29, 0.717) is 9.47 Å². The lowest BCUT2D eigenvalue weighted by atomic mass is 10.0. The fourth-order valence-electron chi connectivity index (χ4n) is 2.09. The molecule has 0 fully saturated rings. The summed E-state index contributed by atoms with van der Waals surface area (Å²) in [5, 5.41) is 13.0. The van der Waals surface area contributed by atoms with E-state index in [0.717, 1.165) is 24.0 Å². The third-order valence-electron chi connectivity index (χ3n) is 3.33. The average molecular weight is 400 g/mol. The highest BCUT2D eigenvalue weighted by molar-refractivity contribution is 8.01. The highest BCUT2D eigenvalue weighted by Crippen LogP contribution is 2.25. The second-order valence-electron chi connectivity index (χ2n) is 5.59. The molecule has 0 radical (unpaired) electrons. The Morgan fingerprint density at radius 3 is 2.46 bits per heavy atom. The smallest absolute Gasteiger partial charge is 0.257 e. The van der Waals surface area contributed by atoms with Gasteiger partial charge in [0.15, 0.2) is 4.34 Å². The summed E-state index contributed by atoms with van der Waals surface area (Å²) in [5.41, 5.74) is -0.719. The maximum atomic E-state index is 13.8. The molecule has 26 heavy (non-hydrogen) atoms. The van der Waals surface area contributed by atoms with Crippen molar-refractivity contribution in [1.82, 2.24) is 15.5 Å². The molecular weight excluding hydrogens is 382 g/mol. The molecule has 2 amide bonds. The number of hydrogen-bond donors (Lipinski definition) is 2. The van der Waals surface area contributed by atoms with Crippen LogP contribution in [0.25, 0.3) is 0 Å². The van der Waals surface area contributed by atoms with Gasteiger partial charge in [0, 0.05) is 0 Å². The average Bonchev–Trinajstić information content (AvgIpc) is 2.99. The molecule has 0 bridgehead atoms.